The number of hydrogen-bond acceptors (Lipinski definition) is 2. The molecular formula is C7H13NO2. The Balaban J connectivity index is 1.95. The van der Waals surface area contributed by atoms with Crippen LogP contribution in [0.5, 0.6) is 0 Å². The average molecular weight is 143 g/mol. The first-order valence-corrected chi connectivity index (χ1v) is 3.76. The molecule has 1 fully saturated rings. The van der Waals surface area contributed by atoms with Crippen LogP contribution in [0.25, 0.3) is 0 Å². The zero-order chi connectivity index (χ0) is 7.40. The molecule has 0 atom stereocenters. The van der Waals surface area contributed by atoms with E-state index >= 15 is 0 Å². The molecule has 1 amide bonds. The highest BCUT2D eigenvalue weighted by Gasteiger charge is 2.29. The molecule has 0 radical (unpaired) electrons. The SMILES string of the molecule is CCCONC(=O)C1CC1. The first-order chi connectivity index (χ1) is 4.84. The van der Waals surface area contributed by atoms with Gasteiger partial charge >= 0.3 is 0 Å². The predicted molar refractivity (Wildman–Crippen MR) is 37.1 cm³/mol. The van der Waals surface area contributed by atoms with Crippen molar-refractivity contribution in [3.8, 4) is 0 Å². The van der Waals surface area contributed by atoms with E-state index in [1.54, 1.807) is 0 Å². The fraction of sp³-hybridized carbons (Fsp3) is 0.857. The summed E-state index contributed by atoms with van der Waals surface area (Å²) < 4.78 is 0. The summed E-state index contributed by atoms with van der Waals surface area (Å²) in [5.74, 6) is 0.297. The summed E-state index contributed by atoms with van der Waals surface area (Å²) in [5, 5.41) is 0. The molecule has 0 heterocycles. The van der Waals surface area contributed by atoms with Crippen molar-refractivity contribution >= 4 is 5.91 Å². The molecule has 3 nitrogen and oxygen atoms in total. The zero-order valence-electron chi connectivity index (χ0n) is 6.22. The Bertz CT molecular complexity index is 121. The van der Waals surface area contributed by atoms with E-state index in [2.05, 4.69) is 5.48 Å². The lowest BCUT2D eigenvalue weighted by Crippen LogP contribution is -2.25. The minimum atomic E-state index is 0.0495. The lowest BCUT2D eigenvalue weighted by Gasteiger charge is -2.01. The normalized spacial score (nSPS) is 16.9. The number of carbonyl (C=O) groups is 1. The van der Waals surface area contributed by atoms with Crippen LogP contribution in [0.2, 0.25) is 0 Å². The molecule has 1 aliphatic carbocycles. The van der Waals surface area contributed by atoms with Gasteiger partial charge < -0.3 is 0 Å². The van der Waals surface area contributed by atoms with Crippen LogP contribution in [0.4, 0.5) is 0 Å². The molecule has 1 aliphatic rings. The molecular weight excluding hydrogens is 130 g/mol. The third kappa shape index (κ3) is 2.35. The van der Waals surface area contributed by atoms with E-state index in [0.29, 0.717) is 6.61 Å². The number of carbonyl (C=O) groups excluding carboxylic acids is 1. The zero-order valence-corrected chi connectivity index (χ0v) is 6.22. The van der Waals surface area contributed by atoms with Crippen LogP contribution in [0.1, 0.15) is 26.2 Å². The third-order valence-electron chi connectivity index (χ3n) is 1.43. The lowest BCUT2D eigenvalue weighted by atomic mass is 10.4. The molecule has 0 aliphatic heterocycles. The van der Waals surface area contributed by atoms with E-state index in [0.717, 1.165) is 19.3 Å². The van der Waals surface area contributed by atoms with Gasteiger partial charge in [-0.2, -0.15) is 0 Å². The lowest BCUT2D eigenvalue weighted by molar-refractivity contribution is -0.134. The molecule has 1 saturated carbocycles. The Kier molecular flexibility index (Phi) is 2.68. The second kappa shape index (κ2) is 3.56. The number of amides is 1. The molecule has 1 N–H and O–H groups in total. The van der Waals surface area contributed by atoms with Gasteiger partial charge in [-0.05, 0) is 19.3 Å². The summed E-state index contributed by atoms with van der Waals surface area (Å²) in [6.07, 6.45) is 2.99. The Labute approximate surface area is 60.7 Å². The van der Waals surface area contributed by atoms with Crippen molar-refractivity contribution in [1.82, 2.24) is 5.48 Å². The molecule has 0 saturated heterocycles. The highest BCUT2D eigenvalue weighted by Crippen LogP contribution is 2.28. The van der Waals surface area contributed by atoms with Gasteiger partial charge in [0.1, 0.15) is 0 Å². The fourth-order valence-electron chi connectivity index (χ4n) is 0.653. The van der Waals surface area contributed by atoms with Crippen LogP contribution >= 0.6 is 0 Å². The van der Waals surface area contributed by atoms with Crippen LogP contribution in [0.3, 0.4) is 0 Å². The van der Waals surface area contributed by atoms with Gasteiger partial charge in [0.05, 0.1) is 6.61 Å². The van der Waals surface area contributed by atoms with E-state index in [-0.39, 0.29) is 11.8 Å². The van der Waals surface area contributed by atoms with Gasteiger partial charge in [-0.3, -0.25) is 9.63 Å². The summed E-state index contributed by atoms with van der Waals surface area (Å²) in [6, 6.07) is 0. The van der Waals surface area contributed by atoms with Gasteiger partial charge in [0.2, 0.25) is 5.91 Å². The molecule has 0 aromatic heterocycles. The molecule has 1 rings (SSSR count). The van der Waals surface area contributed by atoms with Crippen molar-refractivity contribution in [2.75, 3.05) is 6.61 Å². The van der Waals surface area contributed by atoms with E-state index < -0.39 is 0 Å². The van der Waals surface area contributed by atoms with Crippen LogP contribution in [-0.4, -0.2) is 12.5 Å². The van der Waals surface area contributed by atoms with Crippen LogP contribution in [0, 0.1) is 5.92 Å². The van der Waals surface area contributed by atoms with Gasteiger partial charge in [-0.1, -0.05) is 6.92 Å². The maximum Gasteiger partial charge on any atom is 0.246 e. The summed E-state index contributed by atoms with van der Waals surface area (Å²) >= 11 is 0. The van der Waals surface area contributed by atoms with E-state index in [1.807, 2.05) is 6.92 Å². The van der Waals surface area contributed by atoms with Gasteiger partial charge in [-0.25, -0.2) is 5.48 Å². The minimum Gasteiger partial charge on any atom is -0.274 e. The molecule has 10 heavy (non-hydrogen) atoms. The topological polar surface area (TPSA) is 38.3 Å². The molecule has 3 heteroatoms. The molecule has 0 aromatic rings. The van der Waals surface area contributed by atoms with Crippen molar-refractivity contribution in [1.29, 1.82) is 0 Å². The van der Waals surface area contributed by atoms with Crippen molar-refractivity contribution in [3.63, 3.8) is 0 Å². The van der Waals surface area contributed by atoms with Crippen LogP contribution in [0.15, 0.2) is 0 Å². The Morgan fingerprint density at radius 3 is 2.90 bits per heavy atom. The number of hydroxylamine groups is 1. The first kappa shape index (κ1) is 7.54. The summed E-state index contributed by atoms with van der Waals surface area (Å²) in [7, 11) is 0. The average Bonchev–Trinajstić information content (AvgIpc) is 2.69. The van der Waals surface area contributed by atoms with Crippen LogP contribution < -0.4 is 5.48 Å². The highest BCUT2D eigenvalue weighted by atomic mass is 16.6. The summed E-state index contributed by atoms with van der Waals surface area (Å²) in [5.41, 5.74) is 2.41. The Morgan fingerprint density at radius 2 is 2.40 bits per heavy atom. The maximum absolute atomic E-state index is 10.8. The van der Waals surface area contributed by atoms with Crippen molar-refractivity contribution in [2.45, 2.75) is 26.2 Å². The monoisotopic (exact) mass is 143 g/mol. The fourth-order valence-corrected chi connectivity index (χ4v) is 0.653. The molecule has 0 spiro atoms. The van der Waals surface area contributed by atoms with Crippen molar-refractivity contribution < 1.29 is 9.63 Å². The first-order valence-electron chi connectivity index (χ1n) is 3.76. The van der Waals surface area contributed by atoms with Gasteiger partial charge in [0.25, 0.3) is 0 Å². The Morgan fingerprint density at radius 1 is 1.70 bits per heavy atom. The standard InChI is InChI=1S/C7H13NO2/c1-2-5-10-8-7(9)6-3-4-6/h6H,2-5H2,1H3,(H,8,9). The van der Waals surface area contributed by atoms with E-state index in [4.69, 9.17) is 4.84 Å². The largest absolute Gasteiger partial charge is 0.274 e. The molecule has 0 aromatic carbocycles. The number of nitrogens with one attached hydrogen (secondary N) is 1. The smallest absolute Gasteiger partial charge is 0.246 e. The third-order valence-corrected chi connectivity index (χ3v) is 1.43. The summed E-state index contributed by atoms with van der Waals surface area (Å²) in [4.78, 5) is 15.7. The van der Waals surface area contributed by atoms with Crippen molar-refractivity contribution in [3.05, 3.63) is 0 Å². The highest BCUT2D eigenvalue weighted by molar-refractivity contribution is 5.79. The Hall–Kier alpha value is -0.570. The van der Waals surface area contributed by atoms with Crippen LogP contribution in [-0.2, 0) is 9.63 Å². The summed E-state index contributed by atoms with van der Waals surface area (Å²) in [6.45, 7) is 2.61. The molecule has 0 unspecified atom stereocenters. The quantitative estimate of drug-likeness (QED) is 0.468. The second-order valence-corrected chi connectivity index (χ2v) is 2.59. The van der Waals surface area contributed by atoms with Gasteiger partial charge in [0, 0.05) is 5.92 Å². The van der Waals surface area contributed by atoms with Gasteiger partial charge in [-0.15, -0.1) is 0 Å². The van der Waals surface area contributed by atoms with E-state index in [1.165, 1.54) is 0 Å². The van der Waals surface area contributed by atoms with E-state index in [9.17, 15) is 4.79 Å². The second-order valence-electron chi connectivity index (χ2n) is 2.59. The molecule has 58 valence electrons. The predicted octanol–water partition coefficient (Wildman–Crippen LogP) is 0.854. The number of rotatable bonds is 4. The minimum absolute atomic E-state index is 0.0495. The van der Waals surface area contributed by atoms with Crippen molar-refractivity contribution in [2.24, 2.45) is 5.92 Å². The maximum atomic E-state index is 10.8. The number of hydrogen-bond donors (Lipinski definition) is 1. The van der Waals surface area contributed by atoms with Gasteiger partial charge in [0.15, 0.2) is 0 Å². The molecule has 0 bridgehead atoms.